The molecule has 0 aliphatic heterocycles. The summed E-state index contributed by atoms with van der Waals surface area (Å²) in [5, 5.41) is 9.51. The molecule has 0 aromatic heterocycles. The Morgan fingerprint density at radius 3 is 2.23 bits per heavy atom. The van der Waals surface area contributed by atoms with Crippen LogP contribution in [0.5, 0.6) is 0 Å². The smallest absolute Gasteiger partial charge is 0.0764 e. The molecular weight excluding hydrogens is 160 g/mol. The predicted octanol–water partition coefficient (Wildman–Crippen LogP) is 3.17. The van der Waals surface area contributed by atoms with Crippen molar-refractivity contribution in [2.24, 2.45) is 0 Å². The van der Waals surface area contributed by atoms with Gasteiger partial charge in [0.2, 0.25) is 0 Å². The zero-order valence-electron chi connectivity index (χ0n) is 8.83. The van der Waals surface area contributed by atoms with E-state index in [0.717, 1.165) is 5.56 Å². The summed E-state index contributed by atoms with van der Waals surface area (Å²) < 4.78 is 0. The zero-order valence-corrected chi connectivity index (χ0v) is 8.83. The maximum absolute atomic E-state index is 9.51. The first kappa shape index (κ1) is 10.3. The molecule has 1 heteroatoms. The number of aryl methyl sites for hydroxylation is 1. The maximum Gasteiger partial charge on any atom is 0.0764 e. The fourth-order valence-electron chi connectivity index (χ4n) is 1.47. The van der Waals surface area contributed by atoms with Crippen LogP contribution in [0.1, 0.15) is 49.5 Å². The first-order valence-electron chi connectivity index (χ1n) is 4.81. The number of benzene rings is 1. The summed E-state index contributed by atoms with van der Waals surface area (Å²) in [4.78, 5) is 0. The van der Waals surface area contributed by atoms with Gasteiger partial charge in [-0.15, -0.1) is 0 Å². The molecule has 1 aromatic rings. The molecule has 0 saturated carbocycles. The highest BCUT2D eigenvalue weighted by atomic mass is 16.3. The summed E-state index contributed by atoms with van der Waals surface area (Å²) in [6.07, 6.45) is -0.362. The van der Waals surface area contributed by atoms with Crippen molar-refractivity contribution >= 4 is 0 Å². The van der Waals surface area contributed by atoms with Crippen LogP contribution in [-0.2, 0) is 0 Å². The Hall–Kier alpha value is -0.820. The summed E-state index contributed by atoms with van der Waals surface area (Å²) in [5.74, 6) is 0.526. The Morgan fingerprint density at radius 2 is 1.77 bits per heavy atom. The van der Waals surface area contributed by atoms with Crippen LogP contribution in [-0.4, -0.2) is 5.11 Å². The third kappa shape index (κ3) is 2.31. The summed E-state index contributed by atoms with van der Waals surface area (Å²) in [7, 11) is 0. The van der Waals surface area contributed by atoms with Crippen molar-refractivity contribution in [1.29, 1.82) is 0 Å². The van der Waals surface area contributed by atoms with Gasteiger partial charge < -0.3 is 5.11 Å². The van der Waals surface area contributed by atoms with Crippen LogP contribution in [0.25, 0.3) is 0 Å². The average Bonchev–Trinajstić information content (AvgIpc) is 2.04. The van der Waals surface area contributed by atoms with Gasteiger partial charge in [-0.05, 0) is 36.5 Å². The lowest BCUT2D eigenvalue weighted by Crippen LogP contribution is -1.97. The second kappa shape index (κ2) is 3.93. The lowest BCUT2D eigenvalue weighted by molar-refractivity contribution is 0.198. The lowest BCUT2D eigenvalue weighted by atomic mass is 9.96. The molecule has 1 N–H and O–H groups in total. The highest BCUT2D eigenvalue weighted by Crippen LogP contribution is 2.22. The predicted molar refractivity (Wildman–Crippen MR) is 55.9 cm³/mol. The van der Waals surface area contributed by atoms with Crippen molar-refractivity contribution in [1.82, 2.24) is 0 Å². The highest BCUT2D eigenvalue weighted by Gasteiger charge is 2.07. The van der Waals surface area contributed by atoms with Crippen molar-refractivity contribution in [2.45, 2.75) is 39.7 Å². The monoisotopic (exact) mass is 178 g/mol. The molecule has 0 saturated heterocycles. The minimum absolute atomic E-state index is 0.362. The molecule has 1 nitrogen and oxygen atoms in total. The van der Waals surface area contributed by atoms with Gasteiger partial charge in [0.25, 0.3) is 0 Å². The van der Waals surface area contributed by atoms with Gasteiger partial charge in [0.15, 0.2) is 0 Å². The maximum atomic E-state index is 9.51. The number of hydrogen-bond acceptors (Lipinski definition) is 1. The molecule has 0 aliphatic carbocycles. The van der Waals surface area contributed by atoms with E-state index in [9.17, 15) is 5.11 Å². The molecule has 0 amide bonds. The van der Waals surface area contributed by atoms with Gasteiger partial charge in [-0.1, -0.05) is 32.0 Å². The molecule has 1 atom stereocenters. The normalized spacial score (nSPS) is 13.4. The van der Waals surface area contributed by atoms with Crippen molar-refractivity contribution in [3.8, 4) is 0 Å². The molecule has 0 heterocycles. The van der Waals surface area contributed by atoms with Gasteiger partial charge in [-0.3, -0.25) is 0 Å². The van der Waals surface area contributed by atoms with E-state index in [4.69, 9.17) is 0 Å². The molecule has 0 radical (unpaired) electrons. The van der Waals surface area contributed by atoms with Crippen molar-refractivity contribution < 1.29 is 5.11 Å². The van der Waals surface area contributed by atoms with E-state index < -0.39 is 0 Å². The van der Waals surface area contributed by atoms with Gasteiger partial charge in [0.05, 0.1) is 6.10 Å². The largest absolute Gasteiger partial charge is 0.389 e. The molecule has 0 bridgehead atoms. The van der Waals surface area contributed by atoms with Crippen LogP contribution >= 0.6 is 0 Å². The summed E-state index contributed by atoms with van der Waals surface area (Å²) in [6, 6.07) is 6.31. The topological polar surface area (TPSA) is 20.2 Å². The highest BCUT2D eigenvalue weighted by molar-refractivity contribution is 5.33. The molecule has 0 spiro atoms. The SMILES string of the molecule is Cc1ccc(C(C)C)cc1C(C)O. The molecule has 1 aromatic carbocycles. The number of hydrogen-bond donors (Lipinski definition) is 1. The van der Waals surface area contributed by atoms with Crippen LogP contribution in [0.3, 0.4) is 0 Å². The van der Waals surface area contributed by atoms with E-state index in [1.54, 1.807) is 0 Å². The van der Waals surface area contributed by atoms with Crippen LogP contribution in [0.15, 0.2) is 18.2 Å². The van der Waals surface area contributed by atoms with E-state index in [2.05, 4.69) is 32.0 Å². The minimum atomic E-state index is -0.362. The molecule has 1 unspecified atom stereocenters. The van der Waals surface area contributed by atoms with Crippen LogP contribution in [0.4, 0.5) is 0 Å². The van der Waals surface area contributed by atoms with Crippen molar-refractivity contribution in [3.05, 3.63) is 34.9 Å². The first-order valence-corrected chi connectivity index (χ1v) is 4.81. The minimum Gasteiger partial charge on any atom is -0.389 e. The van der Waals surface area contributed by atoms with Gasteiger partial charge >= 0.3 is 0 Å². The number of rotatable bonds is 2. The van der Waals surface area contributed by atoms with Crippen LogP contribution in [0.2, 0.25) is 0 Å². The fraction of sp³-hybridized carbons (Fsp3) is 0.500. The number of aliphatic hydroxyl groups excluding tert-OH is 1. The first-order chi connectivity index (χ1) is 6.02. The Balaban J connectivity index is 3.11. The van der Waals surface area contributed by atoms with E-state index in [1.165, 1.54) is 11.1 Å². The Morgan fingerprint density at radius 1 is 1.15 bits per heavy atom. The van der Waals surface area contributed by atoms with Gasteiger partial charge in [-0.2, -0.15) is 0 Å². The molecule has 0 fully saturated rings. The molecule has 13 heavy (non-hydrogen) atoms. The Kier molecular flexibility index (Phi) is 3.10. The third-order valence-electron chi connectivity index (χ3n) is 2.42. The van der Waals surface area contributed by atoms with Crippen LogP contribution < -0.4 is 0 Å². The Labute approximate surface area is 80.4 Å². The molecule has 0 aliphatic rings. The van der Waals surface area contributed by atoms with E-state index in [1.807, 2.05) is 13.8 Å². The quantitative estimate of drug-likeness (QED) is 0.737. The zero-order chi connectivity index (χ0) is 10.0. The van der Waals surface area contributed by atoms with Crippen molar-refractivity contribution in [2.75, 3.05) is 0 Å². The molecular formula is C12H18O. The van der Waals surface area contributed by atoms with E-state index >= 15 is 0 Å². The molecule has 72 valence electrons. The second-order valence-corrected chi connectivity index (χ2v) is 3.95. The summed E-state index contributed by atoms with van der Waals surface area (Å²) in [5.41, 5.74) is 3.51. The van der Waals surface area contributed by atoms with Gasteiger partial charge in [0.1, 0.15) is 0 Å². The van der Waals surface area contributed by atoms with Gasteiger partial charge in [-0.25, -0.2) is 0 Å². The fourth-order valence-corrected chi connectivity index (χ4v) is 1.47. The van der Waals surface area contributed by atoms with Crippen LogP contribution in [0, 0.1) is 6.92 Å². The van der Waals surface area contributed by atoms with E-state index in [-0.39, 0.29) is 6.10 Å². The number of aliphatic hydroxyl groups is 1. The third-order valence-corrected chi connectivity index (χ3v) is 2.42. The second-order valence-electron chi connectivity index (χ2n) is 3.95. The Bertz CT molecular complexity index is 287. The van der Waals surface area contributed by atoms with Gasteiger partial charge in [0, 0.05) is 0 Å². The summed E-state index contributed by atoms with van der Waals surface area (Å²) in [6.45, 7) is 8.17. The lowest BCUT2D eigenvalue weighted by Gasteiger charge is -2.13. The van der Waals surface area contributed by atoms with E-state index in [0.29, 0.717) is 5.92 Å². The van der Waals surface area contributed by atoms with Crippen molar-refractivity contribution in [3.63, 3.8) is 0 Å². The average molecular weight is 178 g/mol. The summed E-state index contributed by atoms with van der Waals surface area (Å²) >= 11 is 0. The standard InChI is InChI=1S/C12H18O/c1-8(2)11-6-5-9(3)12(7-11)10(4)13/h5-8,10,13H,1-4H3. The molecule has 1 rings (SSSR count).